The van der Waals surface area contributed by atoms with Crippen molar-refractivity contribution in [3.63, 3.8) is 0 Å². The van der Waals surface area contributed by atoms with Crippen LogP contribution >= 0.6 is 23.5 Å². The van der Waals surface area contributed by atoms with Crippen LogP contribution in [0.5, 0.6) is 0 Å². The highest BCUT2D eigenvalue weighted by molar-refractivity contribution is 8.13. The summed E-state index contributed by atoms with van der Waals surface area (Å²) in [5, 5.41) is 14.8. The van der Waals surface area contributed by atoms with Gasteiger partial charge in [0.25, 0.3) is 0 Å². The van der Waals surface area contributed by atoms with Gasteiger partial charge in [-0.25, -0.2) is 4.79 Å². The number of hydrogen-bond acceptors (Lipinski definition) is 8. The van der Waals surface area contributed by atoms with E-state index in [-0.39, 0.29) is 23.2 Å². The minimum atomic E-state index is -0.574. The Labute approximate surface area is 160 Å². The first kappa shape index (κ1) is 20.6. The number of carbonyl (C=O) groups excluding carboxylic acids is 1. The Morgan fingerprint density at radius 1 is 1.15 bits per heavy atom. The van der Waals surface area contributed by atoms with Crippen molar-refractivity contribution in [2.24, 2.45) is 11.5 Å². The molecule has 1 aliphatic rings. The fourth-order valence-corrected chi connectivity index (χ4v) is 3.50. The molecule has 10 heteroatoms. The van der Waals surface area contributed by atoms with Crippen LogP contribution in [0.15, 0.2) is 12.1 Å². The predicted molar refractivity (Wildman–Crippen MR) is 103 cm³/mol. The topological polar surface area (TPSA) is 145 Å². The van der Waals surface area contributed by atoms with Gasteiger partial charge in [-0.1, -0.05) is 29.6 Å². The lowest BCUT2D eigenvalue weighted by Gasteiger charge is -2.35. The first-order chi connectivity index (χ1) is 12.3. The summed E-state index contributed by atoms with van der Waals surface area (Å²) in [6.45, 7) is 3.77. The fourth-order valence-electron chi connectivity index (χ4n) is 2.39. The molecule has 1 aliphatic heterocycles. The van der Waals surface area contributed by atoms with Gasteiger partial charge in [-0.05, 0) is 31.0 Å². The molecule has 0 radical (unpaired) electrons. The Hall–Kier alpha value is -1.75. The number of amidine groups is 2. The average molecular weight is 399 g/mol. The number of esters is 1. The zero-order valence-corrected chi connectivity index (χ0v) is 16.2. The van der Waals surface area contributed by atoms with Crippen LogP contribution < -0.4 is 11.5 Å². The van der Waals surface area contributed by atoms with Crippen molar-refractivity contribution in [3.8, 4) is 0 Å². The molecule has 0 saturated carbocycles. The molecule has 0 aromatic heterocycles. The number of rotatable bonds is 7. The van der Waals surface area contributed by atoms with Crippen molar-refractivity contribution in [1.29, 1.82) is 10.8 Å². The summed E-state index contributed by atoms with van der Waals surface area (Å²) < 4.78 is 16.3. The summed E-state index contributed by atoms with van der Waals surface area (Å²) in [5.41, 5.74) is 13.5. The summed E-state index contributed by atoms with van der Waals surface area (Å²) in [6, 6.07) is 3.53. The molecule has 1 aromatic rings. The van der Waals surface area contributed by atoms with E-state index in [9.17, 15) is 4.79 Å². The van der Waals surface area contributed by atoms with Gasteiger partial charge in [0.2, 0.25) is 0 Å². The third kappa shape index (κ3) is 5.37. The molecule has 0 bridgehead atoms. The van der Waals surface area contributed by atoms with Gasteiger partial charge in [0, 0.05) is 17.1 Å². The van der Waals surface area contributed by atoms with Crippen LogP contribution in [0.1, 0.15) is 47.2 Å². The van der Waals surface area contributed by atoms with Crippen molar-refractivity contribution in [2.75, 3.05) is 6.61 Å². The molecule has 1 saturated heterocycles. The smallest absolute Gasteiger partial charge is 0.338 e. The maximum atomic E-state index is 12.4. The Morgan fingerprint density at radius 3 is 2.23 bits per heavy atom. The van der Waals surface area contributed by atoms with Gasteiger partial charge in [-0.3, -0.25) is 10.8 Å². The highest BCUT2D eigenvalue weighted by Gasteiger charge is 2.32. The molecule has 0 amide bonds. The molecule has 1 fully saturated rings. The average Bonchev–Trinajstić information content (AvgIpc) is 2.55. The summed E-state index contributed by atoms with van der Waals surface area (Å²) in [7, 11) is 0. The van der Waals surface area contributed by atoms with E-state index in [4.69, 9.17) is 36.5 Å². The largest absolute Gasteiger partial charge is 0.462 e. The molecule has 0 atom stereocenters. The van der Waals surface area contributed by atoms with Crippen LogP contribution in [0.4, 0.5) is 0 Å². The quantitative estimate of drug-likeness (QED) is 0.311. The van der Waals surface area contributed by atoms with E-state index in [1.54, 1.807) is 19.9 Å². The zero-order valence-electron chi connectivity index (χ0n) is 14.5. The molecule has 0 unspecified atom stereocenters. The summed E-state index contributed by atoms with van der Waals surface area (Å²) in [4.78, 5) is 12.4. The Kier molecular flexibility index (Phi) is 7.33. The van der Waals surface area contributed by atoms with Crippen LogP contribution in [0.25, 0.3) is 0 Å². The third-order valence-electron chi connectivity index (χ3n) is 3.51. The maximum Gasteiger partial charge on any atom is 0.338 e. The molecule has 1 heterocycles. The Balaban J connectivity index is 2.42. The number of carbonyl (C=O) groups is 1. The summed E-state index contributed by atoms with van der Waals surface area (Å²) in [5.74, 6) is 0.332. The van der Waals surface area contributed by atoms with Crippen molar-refractivity contribution in [1.82, 2.24) is 0 Å². The molecule has 6 N–H and O–H groups in total. The van der Waals surface area contributed by atoms with Gasteiger partial charge in [0.05, 0.1) is 12.2 Å². The van der Waals surface area contributed by atoms with Crippen LogP contribution in [0, 0.1) is 10.8 Å². The third-order valence-corrected chi connectivity index (χ3v) is 5.04. The number of thioether (sulfide) groups is 2. The van der Waals surface area contributed by atoms with Crippen molar-refractivity contribution in [3.05, 3.63) is 34.4 Å². The van der Waals surface area contributed by atoms with Crippen LogP contribution in [0.2, 0.25) is 0 Å². The molecule has 1 aromatic carbocycles. The molecular formula is C16H22N4O4S2. The second-order valence-electron chi connectivity index (χ2n) is 5.41. The number of hydrogen-bond donors (Lipinski definition) is 4. The maximum absolute atomic E-state index is 12.4. The van der Waals surface area contributed by atoms with Gasteiger partial charge >= 0.3 is 5.97 Å². The lowest BCUT2D eigenvalue weighted by atomic mass is 9.99. The van der Waals surface area contributed by atoms with Crippen LogP contribution in [-0.2, 0) is 25.7 Å². The number of nitrogens with two attached hydrogens (primary N) is 2. The molecule has 26 heavy (non-hydrogen) atoms. The van der Waals surface area contributed by atoms with Crippen LogP contribution in [-0.4, -0.2) is 29.2 Å². The number of ether oxygens (including phenoxy) is 3. The minimum absolute atomic E-state index is 0.00565. The van der Waals surface area contributed by atoms with E-state index in [0.717, 1.165) is 17.3 Å². The van der Waals surface area contributed by atoms with E-state index in [0.29, 0.717) is 28.2 Å². The Morgan fingerprint density at radius 2 is 1.73 bits per heavy atom. The van der Waals surface area contributed by atoms with E-state index < -0.39 is 12.3 Å². The SMILES string of the molecule is CCOC(=O)c1cc(C2OC(C)O2)c(CSC(=N)N)cc1CSC(=N)N. The minimum Gasteiger partial charge on any atom is -0.462 e. The van der Waals surface area contributed by atoms with Gasteiger partial charge in [-0.2, -0.15) is 0 Å². The highest BCUT2D eigenvalue weighted by Crippen LogP contribution is 2.37. The second kappa shape index (κ2) is 9.26. The van der Waals surface area contributed by atoms with E-state index >= 15 is 0 Å². The van der Waals surface area contributed by atoms with E-state index in [2.05, 4.69) is 0 Å². The van der Waals surface area contributed by atoms with Gasteiger partial charge < -0.3 is 25.7 Å². The fraction of sp³-hybridized carbons (Fsp3) is 0.438. The molecule has 142 valence electrons. The first-order valence-electron chi connectivity index (χ1n) is 7.89. The lowest BCUT2D eigenvalue weighted by molar-refractivity contribution is -0.382. The standard InChI is InChI=1S/C16H22N4O4S2/c1-3-22-13(21)11-5-12(14-23-8(2)24-14)10(7-26-16(19)20)4-9(11)6-25-15(17)18/h4-5,8,14H,3,6-7H2,1-2H3,(H3,17,18)(H3,19,20). The van der Waals surface area contributed by atoms with E-state index in [1.807, 2.05) is 6.07 Å². The second-order valence-corrected chi connectivity index (χ2v) is 7.44. The van der Waals surface area contributed by atoms with Crippen molar-refractivity contribution in [2.45, 2.75) is 37.9 Å². The zero-order chi connectivity index (χ0) is 19.3. The predicted octanol–water partition coefficient (Wildman–Crippen LogP) is 2.51. The number of nitrogens with one attached hydrogen (secondary N) is 2. The first-order valence-corrected chi connectivity index (χ1v) is 9.86. The van der Waals surface area contributed by atoms with E-state index in [1.165, 1.54) is 11.8 Å². The van der Waals surface area contributed by atoms with Crippen LogP contribution in [0.3, 0.4) is 0 Å². The highest BCUT2D eigenvalue weighted by atomic mass is 32.2. The summed E-state index contributed by atoms with van der Waals surface area (Å²) >= 11 is 2.29. The lowest BCUT2D eigenvalue weighted by Crippen LogP contribution is -2.32. The van der Waals surface area contributed by atoms with Gasteiger partial charge in [0.15, 0.2) is 22.9 Å². The molecular weight excluding hydrogens is 376 g/mol. The molecule has 0 aliphatic carbocycles. The number of benzene rings is 1. The molecule has 2 rings (SSSR count). The monoisotopic (exact) mass is 398 g/mol. The van der Waals surface area contributed by atoms with Gasteiger partial charge in [-0.15, -0.1) is 0 Å². The van der Waals surface area contributed by atoms with Crippen molar-refractivity contribution < 1.29 is 19.0 Å². The van der Waals surface area contributed by atoms with Gasteiger partial charge in [0.1, 0.15) is 0 Å². The molecule has 0 spiro atoms. The molecule has 8 nitrogen and oxygen atoms in total. The normalized spacial score (nSPS) is 18.8. The summed E-state index contributed by atoms with van der Waals surface area (Å²) in [6.07, 6.45) is -0.887. The van der Waals surface area contributed by atoms with Crippen molar-refractivity contribution >= 4 is 39.8 Å². The Bertz CT molecular complexity index is 708.